The monoisotopic (exact) mass is 322 g/mol. The number of aryl methyl sites for hydroxylation is 1. The van der Waals surface area contributed by atoms with Gasteiger partial charge >= 0.3 is 0 Å². The molecule has 0 saturated carbocycles. The summed E-state index contributed by atoms with van der Waals surface area (Å²) in [6.45, 7) is 0. The van der Waals surface area contributed by atoms with Gasteiger partial charge in [0.15, 0.2) is 11.6 Å². The van der Waals surface area contributed by atoms with Gasteiger partial charge in [-0.3, -0.25) is 4.68 Å². The number of aromatic nitrogens is 4. The number of benzene rings is 1. The van der Waals surface area contributed by atoms with Gasteiger partial charge in [0.05, 0.1) is 6.20 Å². The van der Waals surface area contributed by atoms with Crippen LogP contribution in [0.5, 0.6) is 5.75 Å². The van der Waals surface area contributed by atoms with E-state index >= 15 is 0 Å². The van der Waals surface area contributed by atoms with Crippen LogP contribution < -0.4 is 0 Å². The molecule has 0 unspecified atom stereocenters. The number of rotatable bonds is 3. The van der Waals surface area contributed by atoms with Crippen molar-refractivity contribution in [2.24, 2.45) is 7.05 Å². The molecule has 0 spiro atoms. The van der Waals surface area contributed by atoms with Crippen molar-refractivity contribution < 1.29 is 9.50 Å². The molecule has 24 heavy (non-hydrogen) atoms. The number of hydrogen-bond acceptors (Lipinski definition) is 3. The number of pyridine rings is 1. The number of phenolic OH excluding ortho intramolecular Hbond substituents is 1. The third-order valence-corrected chi connectivity index (χ3v) is 4.06. The third-order valence-electron chi connectivity index (χ3n) is 4.06. The second-order valence-corrected chi connectivity index (χ2v) is 5.80. The molecule has 1 aromatic carbocycles. The zero-order chi connectivity index (χ0) is 16.7. The van der Waals surface area contributed by atoms with Crippen LogP contribution in [-0.2, 0) is 13.5 Å². The van der Waals surface area contributed by atoms with Crippen molar-refractivity contribution in [1.29, 1.82) is 0 Å². The Labute approximate surface area is 137 Å². The van der Waals surface area contributed by atoms with Crippen molar-refractivity contribution in [3.8, 4) is 16.9 Å². The predicted octanol–water partition coefficient (Wildman–Crippen LogP) is 3.40. The molecule has 2 N–H and O–H groups in total. The second-order valence-electron chi connectivity index (χ2n) is 5.80. The molecule has 0 aliphatic rings. The molecule has 0 bridgehead atoms. The van der Waals surface area contributed by atoms with Gasteiger partial charge in [0.1, 0.15) is 5.65 Å². The Bertz CT molecular complexity index is 1030. The maximum atomic E-state index is 13.5. The topological polar surface area (TPSA) is 66.7 Å². The average molecular weight is 322 g/mol. The molecule has 0 saturated heterocycles. The summed E-state index contributed by atoms with van der Waals surface area (Å²) in [7, 11) is 1.87. The Hall–Kier alpha value is -3.15. The molecule has 0 amide bonds. The van der Waals surface area contributed by atoms with Crippen LogP contribution in [0, 0.1) is 5.82 Å². The zero-order valence-electron chi connectivity index (χ0n) is 13.0. The van der Waals surface area contributed by atoms with E-state index < -0.39 is 5.82 Å². The van der Waals surface area contributed by atoms with Gasteiger partial charge < -0.3 is 10.1 Å². The van der Waals surface area contributed by atoms with Crippen molar-refractivity contribution in [1.82, 2.24) is 19.7 Å². The molecule has 3 heterocycles. The maximum Gasteiger partial charge on any atom is 0.165 e. The summed E-state index contributed by atoms with van der Waals surface area (Å²) in [6.07, 6.45) is 7.97. The summed E-state index contributed by atoms with van der Waals surface area (Å²) in [6, 6.07) is 6.50. The van der Waals surface area contributed by atoms with Gasteiger partial charge in [0.2, 0.25) is 0 Å². The Balaban J connectivity index is 1.74. The lowest BCUT2D eigenvalue weighted by molar-refractivity contribution is 0.432. The van der Waals surface area contributed by atoms with Crippen LogP contribution in [0.2, 0.25) is 0 Å². The number of phenols is 1. The first-order chi connectivity index (χ1) is 11.6. The van der Waals surface area contributed by atoms with Crippen LogP contribution >= 0.6 is 0 Å². The highest BCUT2D eigenvalue weighted by Crippen LogP contribution is 2.26. The number of fused-ring (bicyclic) bond motifs is 1. The number of halogens is 1. The second kappa shape index (κ2) is 5.49. The summed E-state index contributed by atoms with van der Waals surface area (Å²) in [5.41, 5.74) is 4.58. The van der Waals surface area contributed by atoms with Crippen LogP contribution in [0.1, 0.15) is 11.1 Å². The third kappa shape index (κ3) is 2.52. The largest absolute Gasteiger partial charge is 0.505 e. The van der Waals surface area contributed by atoms with Crippen molar-refractivity contribution >= 4 is 11.0 Å². The number of hydrogen-bond donors (Lipinski definition) is 2. The van der Waals surface area contributed by atoms with Crippen molar-refractivity contribution in [2.45, 2.75) is 6.42 Å². The minimum Gasteiger partial charge on any atom is -0.505 e. The Morgan fingerprint density at radius 1 is 1.21 bits per heavy atom. The van der Waals surface area contributed by atoms with E-state index in [0.29, 0.717) is 6.42 Å². The molecule has 5 nitrogen and oxygen atoms in total. The predicted molar refractivity (Wildman–Crippen MR) is 89.2 cm³/mol. The number of nitrogens with zero attached hydrogens (tertiary/aromatic N) is 3. The molecule has 0 radical (unpaired) electrons. The van der Waals surface area contributed by atoms with Gasteiger partial charge in [-0.25, -0.2) is 9.37 Å². The quantitative estimate of drug-likeness (QED) is 0.607. The molecule has 4 aromatic rings. The van der Waals surface area contributed by atoms with Crippen molar-refractivity contribution in [3.05, 3.63) is 66.0 Å². The summed E-state index contributed by atoms with van der Waals surface area (Å²) < 4.78 is 15.3. The lowest BCUT2D eigenvalue weighted by Gasteiger charge is -2.03. The molecule has 0 atom stereocenters. The standard InChI is InChI=1S/C18H15FN4O/c1-23-10-14(9-22-23)12-6-15-13(8-21-18(15)20-7-12)4-11-2-3-17(24)16(19)5-11/h2-3,5-10,24H,4H2,1H3,(H,20,21). The van der Waals surface area contributed by atoms with Gasteiger partial charge in [-0.2, -0.15) is 5.10 Å². The molecular formula is C18H15FN4O. The van der Waals surface area contributed by atoms with Crippen molar-refractivity contribution in [2.75, 3.05) is 0 Å². The highest BCUT2D eigenvalue weighted by atomic mass is 19.1. The molecule has 4 rings (SSSR count). The Morgan fingerprint density at radius 3 is 2.83 bits per heavy atom. The minimum atomic E-state index is -0.610. The van der Waals surface area contributed by atoms with E-state index in [0.717, 1.165) is 33.3 Å². The molecule has 0 aliphatic heterocycles. The molecule has 3 aromatic heterocycles. The Morgan fingerprint density at radius 2 is 2.08 bits per heavy atom. The normalized spacial score (nSPS) is 11.2. The average Bonchev–Trinajstić information content (AvgIpc) is 3.17. The molecule has 0 aliphatic carbocycles. The summed E-state index contributed by atoms with van der Waals surface area (Å²) in [4.78, 5) is 7.60. The Kier molecular flexibility index (Phi) is 3.30. The SMILES string of the molecule is Cn1cc(-c2cnc3[nH]cc(Cc4ccc(O)c(F)c4)c3c2)cn1. The van der Waals surface area contributed by atoms with Gasteiger partial charge in [-0.1, -0.05) is 6.07 Å². The van der Waals surface area contributed by atoms with Crippen LogP contribution in [0.15, 0.2) is 49.1 Å². The van der Waals surface area contributed by atoms with Gasteiger partial charge in [-0.05, 0) is 35.7 Å². The first-order valence-electron chi connectivity index (χ1n) is 7.52. The molecule has 0 fully saturated rings. The van der Waals surface area contributed by atoms with E-state index in [9.17, 15) is 9.50 Å². The highest BCUT2D eigenvalue weighted by molar-refractivity contribution is 5.84. The fraction of sp³-hybridized carbons (Fsp3) is 0.111. The lowest BCUT2D eigenvalue weighted by Crippen LogP contribution is -1.89. The summed E-state index contributed by atoms with van der Waals surface area (Å²) in [5, 5.41) is 14.5. The van der Waals surface area contributed by atoms with E-state index in [1.54, 1.807) is 23.1 Å². The van der Waals surface area contributed by atoms with Gasteiger partial charge in [-0.15, -0.1) is 0 Å². The lowest BCUT2D eigenvalue weighted by atomic mass is 10.0. The fourth-order valence-corrected chi connectivity index (χ4v) is 2.81. The number of aromatic hydroxyl groups is 1. The smallest absolute Gasteiger partial charge is 0.165 e. The van der Waals surface area contributed by atoms with E-state index in [1.807, 2.05) is 19.4 Å². The van der Waals surface area contributed by atoms with Crippen LogP contribution in [-0.4, -0.2) is 24.9 Å². The maximum absolute atomic E-state index is 13.5. The van der Waals surface area contributed by atoms with E-state index in [-0.39, 0.29) is 5.75 Å². The molecule has 120 valence electrons. The molecule has 6 heteroatoms. The van der Waals surface area contributed by atoms with Crippen molar-refractivity contribution in [3.63, 3.8) is 0 Å². The van der Waals surface area contributed by atoms with E-state index in [2.05, 4.69) is 21.1 Å². The zero-order valence-corrected chi connectivity index (χ0v) is 13.0. The van der Waals surface area contributed by atoms with Gasteiger partial charge in [0.25, 0.3) is 0 Å². The van der Waals surface area contributed by atoms with Crippen LogP contribution in [0.4, 0.5) is 4.39 Å². The van der Waals surface area contributed by atoms with Crippen LogP contribution in [0.3, 0.4) is 0 Å². The van der Waals surface area contributed by atoms with Gasteiger partial charge in [0, 0.05) is 42.2 Å². The first kappa shape index (κ1) is 14.4. The summed E-state index contributed by atoms with van der Waals surface area (Å²) in [5.74, 6) is -0.945. The number of aromatic amines is 1. The summed E-state index contributed by atoms with van der Waals surface area (Å²) >= 11 is 0. The van der Waals surface area contributed by atoms with E-state index in [4.69, 9.17) is 0 Å². The number of nitrogens with one attached hydrogen (secondary N) is 1. The first-order valence-corrected chi connectivity index (χ1v) is 7.52. The highest BCUT2D eigenvalue weighted by Gasteiger charge is 2.10. The van der Waals surface area contributed by atoms with Crippen LogP contribution in [0.25, 0.3) is 22.2 Å². The number of H-pyrrole nitrogens is 1. The molecular weight excluding hydrogens is 307 g/mol. The fourth-order valence-electron chi connectivity index (χ4n) is 2.81. The van der Waals surface area contributed by atoms with E-state index in [1.165, 1.54) is 12.1 Å². The minimum absolute atomic E-state index is 0.335.